The number of carbonyl (C=O) groups is 2. The monoisotopic (exact) mass is 442 g/mol. The van der Waals surface area contributed by atoms with Crippen molar-refractivity contribution in [1.29, 1.82) is 0 Å². The Labute approximate surface area is 183 Å². The number of aryl methyl sites for hydroxylation is 1. The molecule has 2 aromatic carbocycles. The standard InChI is InChI=1S/C23H21F3N4O2/c1-14-7-8-15(21(31)28-18-6-4-5-17(12-18)23(24,25)26)11-19(14)29-22(32)16-9-10-20(27-13-16)30(2)3/h4-13H,1-3H3,(H,28,31)(H,29,32). The smallest absolute Gasteiger partial charge is 0.363 e. The predicted molar refractivity (Wildman–Crippen MR) is 117 cm³/mol. The second-order valence-corrected chi connectivity index (χ2v) is 7.32. The number of pyridine rings is 1. The molecular weight excluding hydrogens is 421 g/mol. The first-order valence-electron chi connectivity index (χ1n) is 9.58. The van der Waals surface area contributed by atoms with Gasteiger partial charge in [-0.2, -0.15) is 13.2 Å². The minimum absolute atomic E-state index is 0.0167. The van der Waals surface area contributed by atoms with Gasteiger partial charge in [-0.1, -0.05) is 12.1 Å². The molecule has 0 aliphatic heterocycles. The van der Waals surface area contributed by atoms with Crippen LogP contribution in [0.5, 0.6) is 0 Å². The molecule has 32 heavy (non-hydrogen) atoms. The molecule has 3 rings (SSSR count). The highest BCUT2D eigenvalue weighted by Gasteiger charge is 2.30. The van der Waals surface area contributed by atoms with Gasteiger partial charge in [0.1, 0.15) is 5.82 Å². The van der Waals surface area contributed by atoms with Gasteiger partial charge in [-0.3, -0.25) is 9.59 Å². The fourth-order valence-electron chi connectivity index (χ4n) is 2.85. The summed E-state index contributed by atoms with van der Waals surface area (Å²) in [4.78, 5) is 31.2. The van der Waals surface area contributed by atoms with E-state index in [4.69, 9.17) is 0 Å². The van der Waals surface area contributed by atoms with Gasteiger partial charge in [0.05, 0.1) is 11.1 Å². The molecule has 0 aliphatic rings. The van der Waals surface area contributed by atoms with E-state index in [9.17, 15) is 22.8 Å². The third-order valence-corrected chi connectivity index (χ3v) is 4.66. The molecule has 1 aromatic heterocycles. The molecule has 0 unspecified atom stereocenters. The Morgan fingerprint density at radius 1 is 0.906 bits per heavy atom. The zero-order chi connectivity index (χ0) is 23.5. The van der Waals surface area contributed by atoms with Gasteiger partial charge in [-0.25, -0.2) is 4.98 Å². The number of nitrogens with one attached hydrogen (secondary N) is 2. The van der Waals surface area contributed by atoms with Crippen LogP contribution in [0.15, 0.2) is 60.8 Å². The summed E-state index contributed by atoms with van der Waals surface area (Å²) >= 11 is 0. The number of carbonyl (C=O) groups excluding carboxylic acids is 2. The van der Waals surface area contributed by atoms with E-state index in [1.54, 1.807) is 30.0 Å². The van der Waals surface area contributed by atoms with Gasteiger partial charge >= 0.3 is 6.18 Å². The molecule has 9 heteroatoms. The molecule has 3 aromatic rings. The lowest BCUT2D eigenvalue weighted by Crippen LogP contribution is -2.16. The molecule has 6 nitrogen and oxygen atoms in total. The molecule has 0 fully saturated rings. The lowest BCUT2D eigenvalue weighted by molar-refractivity contribution is -0.137. The average molecular weight is 442 g/mol. The van der Waals surface area contributed by atoms with Crippen molar-refractivity contribution >= 4 is 29.0 Å². The van der Waals surface area contributed by atoms with E-state index in [0.717, 1.165) is 12.1 Å². The number of benzene rings is 2. The highest BCUT2D eigenvalue weighted by Crippen LogP contribution is 2.31. The fourth-order valence-corrected chi connectivity index (χ4v) is 2.85. The van der Waals surface area contributed by atoms with E-state index in [1.165, 1.54) is 30.5 Å². The van der Waals surface area contributed by atoms with Gasteiger partial charge in [0.25, 0.3) is 11.8 Å². The summed E-state index contributed by atoms with van der Waals surface area (Å²) in [5.74, 6) is -0.302. The first kappa shape index (κ1) is 22.8. The van der Waals surface area contributed by atoms with Gasteiger partial charge in [0.15, 0.2) is 0 Å². The SMILES string of the molecule is Cc1ccc(C(=O)Nc2cccc(C(F)(F)F)c2)cc1NC(=O)c1ccc(N(C)C)nc1. The van der Waals surface area contributed by atoms with Crippen molar-refractivity contribution in [1.82, 2.24) is 4.98 Å². The van der Waals surface area contributed by atoms with Gasteiger partial charge in [-0.05, 0) is 55.0 Å². The molecule has 0 bridgehead atoms. The van der Waals surface area contributed by atoms with E-state index in [0.29, 0.717) is 22.6 Å². The highest BCUT2D eigenvalue weighted by molar-refractivity contribution is 6.07. The van der Waals surface area contributed by atoms with Crippen molar-refractivity contribution in [2.75, 3.05) is 29.6 Å². The number of hydrogen-bond acceptors (Lipinski definition) is 4. The Kier molecular flexibility index (Phi) is 6.47. The van der Waals surface area contributed by atoms with Crippen molar-refractivity contribution < 1.29 is 22.8 Å². The number of amides is 2. The summed E-state index contributed by atoms with van der Waals surface area (Å²) in [5.41, 5.74) is 0.803. The summed E-state index contributed by atoms with van der Waals surface area (Å²) in [5, 5.41) is 5.19. The Balaban J connectivity index is 1.76. The third kappa shape index (κ3) is 5.42. The van der Waals surface area contributed by atoms with Crippen LogP contribution in [-0.4, -0.2) is 30.9 Å². The molecule has 0 radical (unpaired) electrons. The maximum atomic E-state index is 12.9. The summed E-state index contributed by atoms with van der Waals surface area (Å²) in [7, 11) is 3.67. The summed E-state index contributed by atoms with van der Waals surface area (Å²) in [6, 6.07) is 12.4. The Morgan fingerprint density at radius 2 is 1.59 bits per heavy atom. The van der Waals surface area contributed by atoms with Crippen molar-refractivity contribution in [3.05, 3.63) is 83.0 Å². The number of alkyl halides is 3. The summed E-state index contributed by atoms with van der Waals surface area (Å²) in [6.07, 6.45) is -3.06. The third-order valence-electron chi connectivity index (χ3n) is 4.66. The van der Waals surface area contributed by atoms with E-state index in [-0.39, 0.29) is 11.3 Å². The largest absolute Gasteiger partial charge is 0.416 e. The second kappa shape index (κ2) is 9.09. The molecule has 1 heterocycles. The second-order valence-electron chi connectivity index (χ2n) is 7.32. The Morgan fingerprint density at radius 3 is 2.22 bits per heavy atom. The molecule has 0 aliphatic carbocycles. The van der Waals surface area contributed by atoms with Gasteiger partial charge in [0, 0.05) is 37.2 Å². The van der Waals surface area contributed by atoms with Crippen molar-refractivity contribution in [2.24, 2.45) is 0 Å². The van der Waals surface area contributed by atoms with E-state index < -0.39 is 23.6 Å². The molecular formula is C23H21F3N4O2. The molecule has 2 amide bonds. The van der Waals surface area contributed by atoms with E-state index in [1.807, 2.05) is 14.1 Å². The number of nitrogens with zero attached hydrogens (tertiary/aromatic N) is 2. The lowest BCUT2D eigenvalue weighted by Gasteiger charge is -2.13. The first-order valence-corrected chi connectivity index (χ1v) is 9.58. The van der Waals surface area contributed by atoms with Crippen LogP contribution in [0.3, 0.4) is 0 Å². The van der Waals surface area contributed by atoms with Gasteiger partial charge < -0.3 is 15.5 Å². The minimum Gasteiger partial charge on any atom is -0.363 e. The van der Waals surface area contributed by atoms with Gasteiger partial charge in [-0.15, -0.1) is 0 Å². The zero-order valence-electron chi connectivity index (χ0n) is 17.6. The molecule has 2 N–H and O–H groups in total. The average Bonchev–Trinajstić information content (AvgIpc) is 2.74. The highest BCUT2D eigenvalue weighted by atomic mass is 19.4. The topological polar surface area (TPSA) is 74.3 Å². The molecule has 0 saturated carbocycles. The summed E-state index contributed by atoms with van der Waals surface area (Å²) in [6.45, 7) is 1.76. The van der Waals surface area contributed by atoms with Crippen LogP contribution in [0.2, 0.25) is 0 Å². The van der Waals surface area contributed by atoms with Crippen LogP contribution in [-0.2, 0) is 6.18 Å². The number of halogens is 3. The quantitative estimate of drug-likeness (QED) is 0.585. The van der Waals surface area contributed by atoms with Crippen molar-refractivity contribution in [3.63, 3.8) is 0 Å². The van der Waals surface area contributed by atoms with Crippen molar-refractivity contribution in [3.8, 4) is 0 Å². The molecule has 166 valence electrons. The van der Waals surface area contributed by atoms with E-state index >= 15 is 0 Å². The van der Waals surface area contributed by atoms with Gasteiger partial charge in [0.2, 0.25) is 0 Å². The lowest BCUT2D eigenvalue weighted by atomic mass is 10.1. The molecule has 0 spiro atoms. The Bertz CT molecular complexity index is 1140. The number of aromatic nitrogens is 1. The van der Waals surface area contributed by atoms with Crippen LogP contribution < -0.4 is 15.5 Å². The molecule has 0 saturated heterocycles. The minimum atomic E-state index is -4.51. The number of anilines is 3. The van der Waals surface area contributed by atoms with Crippen LogP contribution in [0, 0.1) is 6.92 Å². The van der Waals surface area contributed by atoms with E-state index in [2.05, 4.69) is 15.6 Å². The van der Waals surface area contributed by atoms with Crippen LogP contribution >= 0.6 is 0 Å². The number of rotatable bonds is 5. The zero-order valence-corrected chi connectivity index (χ0v) is 17.6. The van der Waals surface area contributed by atoms with Crippen LogP contribution in [0.4, 0.5) is 30.4 Å². The normalized spacial score (nSPS) is 11.1. The maximum Gasteiger partial charge on any atom is 0.416 e. The maximum absolute atomic E-state index is 12.9. The number of hydrogen-bond donors (Lipinski definition) is 2. The predicted octanol–water partition coefficient (Wildman–Crippen LogP) is 4.98. The molecule has 0 atom stereocenters. The first-order chi connectivity index (χ1) is 15.0. The van der Waals surface area contributed by atoms with Crippen LogP contribution in [0.1, 0.15) is 31.8 Å². The summed E-state index contributed by atoms with van der Waals surface area (Å²) < 4.78 is 38.7. The Hall–Kier alpha value is -3.88. The van der Waals surface area contributed by atoms with Crippen molar-refractivity contribution in [2.45, 2.75) is 13.1 Å². The van der Waals surface area contributed by atoms with Crippen LogP contribution in [0.25, 0.3) is 0 Å². The fraction of sp³-hybridized carbons (Fsp3) is 0.174.